The molecule has 1 saturated carbocycles. The topological polar surface area (TPSA) is 111 Å². The lowest BCUT2D eigenvalue weighted by atomic mass is 10.0. The first-order valence-corrected chi connectivity index (χ1v) is 15.2. The number of carboxylic acid groups (broad SMARTS) is 1. The van der Waals surface area contributed by atoms with Crippen molar-refractivity contribution in [3.05, 3.63) is 71.1 Å². The van der Waals surface area contributed by atoms with Crippen molar-refractivity contribution in [3.8, 4) is 28.3 Å². The molecule has 2 bridgehead atoms. The van der Waals surface area contributed by atoms with E-state index >= 15 is 0 Å². The second-order valence-electron chi connectivity index (χ2n) is 11.2. The molecule has 228 valence electrons. The van der Waals surface area contributed by atoms with E-state index in [9.17, 15) is 18.0 Å². The maximum absolute atomic E-state index is 13.1. The Balaban J connectivity index is 1.07. The summed E-state index contributed by atoms with van der Waals surface area (Å²) < 4.78 is 55.8. The number of allylic oxidation sites excluding steroid dienone is 2. The molecule has 1 N–H and O–H groups in total. The zero-order valence-electron chi connectivity index (χ0n) is 23.3. The lowest BCUT2D eigenvalue weighted by molar-refractivity contribution is -0.274. The van der Waals surface area contributed by atoms with E-state index in [-0.39, 0.29) is 41.5 Å². The Bertz CT molecular complexity index is 1720. The van der Waals surface area contributed by atoms with Crippen molar-refractivity contribution in [2.75, 3.05) is 11.4 Å². The molecule has 3 aromatic heterocycles. The number of thiazole rings is 1. The van der Waals surface area contributed by atoms with Crippen LogP contribution in [-0.2, 0) is 11.3 Å². The predicted molar refractivity (Wildman–Crippen MR) is 155 cm³/mol. The van der Waals surface area contributed by atoms with Crippen LogP contribution in [0.15, 0.2) is 58.6 Å². The smallest absolute Gasteiger partial charge is 0.477 e. The molecule has 0 spiro atoms. The molecular formula is C31H27F3N4O5S. The lowest BCUT2D eigenvalue weighted by Gasteiger charge is -2.29. The number of fused-ring (bicyclic) bond motifs is 2. The second kappa shape index (κ2) is 11.4. The minimum absolute atomic E-state index is 0.0158. The third kappa shape index (κ3) is 5.93. The number of para-hydroxylation sites is 1. The summed E-state index contributed by atoms with van der Waals surface area (Å²) in [5.41, 5.74) is 3.53. The van der Waals surface area contributed by atoms with Crippen LogP contribution in [0.1, 0.15) is 53.9 Å². The zero-order chi connectivity index (χ0) is 30.4. The van der Waals surface area contributed by atoms with E-state index in [4.69, 9.17) is 19.4 Å². The standard InChI is InChI=1S/C31H27F3N4O5S/c32-31(33,34)42-26-4-2-1-3-22(26)27-23(28(43-37-27)18-6-7-18)15-41-21-9-5-17-11-20(12-21)38(14-17)30-36-25(16-44-30)19-8-10-24(29(39)40)35-13-19/h1-4,6,8,10,13,16-17,20-21H,5,7,9,11-12,14-15H2,(H,39,40)/t17?,20-,21-/m1/s1. The number of pyridine rings is 1. The van der Waals surface area contributed by atoms with Crippen LogP contribution in [0.2, 0.25) is 0 Å². The van der Waals surface area contributed by atoms with Gasteiger partial charge in [0.2, 0.25) is 0 Å². The lowest BCUT2D eigenvalue weighted by Crippen LogP contribution is -2.34. The van der Waals surface area contributed by atoms with Gasteiger partial charge in [-0.25, -0.2) is 14.8 Å². The maximum Gasteiger partial charge on any atom is 0.573 e. The minimum Gasteiger partial charge on any atom is -0.477 e. The van der Waals surface area contributed by atoms with Crippen LogP contribution in [0.5, 0.6) is 5.75 Å². The number of rotatable bonds is 9. The summed E-state index contributed by atoms with van der Waals surface area (Å²) in [6, 6.07) is 9.33. The largest absolute Gasteiger partial charge is 0.573 e. The van der Waals surface area contributed by atoms with Gasteiger partial charge in [-0.15, -0.1) is 24.5 Å². The molecule has 1 unspecified atom stereocenters. The normalized spacial score (nSPS) is 21.2. The number of alkyl halides is 3. The summed E-state index contributed by atoms with van der Waals surface area (Å²) in [6.45, 7) is 1.05. The van der Waals surface area contributed by atoms with Gasteiger partial charge in [-0.2, -0.15) is 0 Å². The SMILES string of the molecule is O=C(O)c1ccc(-c2csc(N3CC4CC[C@@H](OCc5c(-c6ccccc6OC(F)(F)F)noc5C5=CC5)C[C@H]3C4)n2)cn1. The van der Waals surface area contributed by atoms with Crippen LogP contribution in [0.25, 0.3) is 28.1 Å². The van der Waals surface area contributed by atoms with E-state index in [0.29, 0.717) is 17.2 Å². The number of halogens is 3. The van der Waals surface area contributed by atoms with Crippen molar-refractivity contribution in [2.45, 2.75) is 57.2 Å². The second-order valence-corrected chi connectivity index (χ2v) is 12.1. The van der Waals surface area contributed by atoms with Crippen molar-refractivity contribution in [1.29, 1.82) is 0 Å². The molecule has 3 atom stereocenters. The number of carboxylic acids is 1. The van der Waals surface area contributed by atoms with Crippen LogP contribution in [-0.4, -0.2) is 51.3 Å². The van der Waals surface area contributed by atoms with Gasteiger partial charge in [-0.05, 0) is 67.9 Å². The fraction of sp³-hybridized carbons (Fsp3) is 0.355. The summed E-state index contributed by atoms with van der Waals surface area (Å²) >= 11 is 1.55. The van der Waals surface area contributed by atoms with E-state index in [1.54, 1.807) is 23.5 Å². The highest BCUT2D eigenvalue weighted by Crippen LogP contribution is 2.43. The first-order chi connectivity index (χ1) is 21.2. The number of hydrogen-bond acceptors (Lipinski definition) is 9. The van der Waals surface area contributed by atoms with Crippen LogP contribution in [0, 0.1) is 5.92 Å². The molecule has 1 aromatic carbocycles. The molecule has 9 nitrogen and oxygen atoms in total. The van der Waals surface area contributed by atoms with Crippen LogP contribution in [0.4, 0.5) is 18.3 Å². The molecule has 1 saturated heterocycles. The molecule has 4 aromatic rings. The van der Waals surface area contributed by atoms with E-state index in [1.807, 2.05) is 11.5 Å². The monoisotopic (exact) mass is 624 g/mol. The molecular weight excluding hydrogens is 597 g/mol. The van der Waals surface area contributed by atoms with Crippen molar-refractivity contribution in [2.24, 2.45) is 5.92 Å². The van der Waals surface area contributed by atoms with E-state index in [0.717, 1.165) is 60.6 Å². The molecule has 13 heteroatoms. The number of aromatic carboxylic acids is 1. The first-order valence-electron chi connectivity index (χ1n) is 14.3. The molecule has 7 rings (SSSR count). The summed E-state index contributed by atoms with van der Waals surface area (Å²) in [7, 11) is 0. The Labute approximate surface area is 253 Å². The van der Waals surface area contributed by atoms with Gasteiger partial charge in [0.15, 0.2) is 10.9 Å². The average Bonchev–Trinajstić information content (AvgIpc) is 3.43. The van der Waals surface area contributed by atoms with E-state index in [1.165, 1.54) is 30.5 Å². The molecule has 44 heavy (non-hydrogen) atoms. The molecule has 2 fully saturated rings. The van der Waals surface area contributed by atoms with Crippen molar-refractivity contribution >= 4 is 28.0 Å². The number of anilines is 1. The number of carbonyl (C=O) groups is 1. The van der Waals surface area contributed by atoms with Gasteiger partial charge in [0.05, 0.1) is 24.0 Å². The van der Waals surface area contributed by atoms with Gasteiger partial charge in [0.1, 0.15) is 17.1 Å². The molecule has 3 aliphatic rings. The highest BCUT2D eigenvalue weighted by Gasteiger charge is 2.39. The quantitative estimate of drug-likeness (QED) is 0.207. The third-order valence-electron chi connectivity index (χ3n) is 8.27. The highest BCUT2D eigenvalue weighted by atomic mass is 32.1. The van der Waals surface area contributed by atoms with E-state index < -0.39 is 12.3 Å². The van der Waals surface area contributed by atoms with Gasteiger partial charge >= 0.3 is 12.3 Å². The molecule has 1 aliphatic heterocycles. The van der Waals surface area contributed by atoms with Gasteiger partial charge in [0, 0.05) is 35.3 Å². The Morgan fingerprint density at radius 3 is 2.75 bits per heavy atom. The number of hydrogen-bond donors (Lipinski definition) is 1. The fourth-order valence-corrected chi connectivity index (χ4v) is 7.01. The van der Waals surface area contributed by atoms with Crippen molar-refractivity contribution in [1.82, 2.24) is 15.1 Å². The summed E-state index contributed by atoms with van der Waals surface area (Å²) in [6.07, 6.45) is 3.02. The Morgan fingerprint density at radius 1 is 1.16 bits per heavy atom. The number of ether oxygens (including phenoxy) is 2. The zero-order valence-corrected chi connectivity index (χ0v) is 24.1. The maximum atomic E-state index is 13.1. The molecule has 4 heterocycles. The van der Waals surface area contributed by atoms with Gasteiger partial charge in [-0.3, -0.25) is 0 Å². The van der Waals surface area contributed by atoms with Crippen LogP contribution >= 0.6 is 11.3 Å². The van der Waals surface area contributed by atoms with Crippen LogP contribution < -0.4 is 9.64 Å². The van der Waals surface area contributed by atoms with Crippen molar-refractivity contribution < 1.29 is 37.1 Å². The van der Waals surface area contributed by atoms with Gasteiger partial charge in [0.25, 0.3) is 0 Å². The predicted octanol–water partition coefficient (Wildman–Crippen LogP) is 7.21. The Hall–Kier alpha value is -4.23. The number of aromatic nitrogens is 3. The summed E-state index contributed by atoms with van der Waals surface area (Å²) in [5, 5.41) is 16.1. The number of benzene rings is 1. The number of nitrogens with zero attached hydrogens (tertiary/aromatic N) is 4. The highest BCUT2D eigenvalue weighted by molar-refractivity contribution is 7.14. The van der Waals surface area contributed by atoms with Gasteiger partial charge < -0.3 is 24.0 Å². The third-order valence-corrected chi connectivity index (χ3v) is 9.15. The first kappa shape index (κ1) is 28.5. The summed E-state index contributed by atoms with van der Waals surface area (Å²) in [4.78, 5) is 22.3. The average molecular weight is 625 g/mol. The van der Waals surface area contributed by atoms with Gasteiger partial charge in [-0.1, -0.05) is 23.4 Å². The Morgan fingerprint density at radius 2 is 2.00 bits per heavy atom. The summed E-state index contributed by atoms with van der Waals surface area (Å²) in [5.74, 6) is -0.374. The molecule has 2 aliphatic carbocycles. The minimum atomic E-state index is -4.84. The van der Waals surface area contributed by atoms with Crippen LogP contribution in [0.3, 0.4) is 0 Å². The van der Waals surface area contributed by atoms with E-state index in [2.05, 4.69) is 19.8 Å². The Kier molecular flexibility index (Phi) is 7.37. The fourth-order valence-electron chi connectivity index (χ4n) is 6.10. The molecule has 0 amide bonds. The van der Waals surface area contributed by atoms with Crippen molar-refractivity contribution in [3.63, 3.8) is 0 Å². The molecule has 0 radical (unpaired) electrons.